The number of carbonyl (C=O) groups is 1. The molecule has 0 aliphatic heterocycles. The maximum atomic E-state index is 12.4. The molecule has 0 saturated heterocycles. The predicted molar refractivity (Wildman–Crippen MR) is 114 cm³/mol. The van der Waals surface area contributed by atoms with E-state index in [0.29, 0.717) is 22.9 Å². The molecule has 26 heavy (non-hydrogen) atoms. The lowest BCUT2D eigenvalue weighted by Gasteiger charge is -2.13. The van der Waals surface area contributed by atoms with Crippen LogP contribution in [0, 0.1) is 6.92 Å². The van der Waals surface area contributed by atoms with Crippen LogP contribution in [0.15, 0.2) is 40.9 Å². The zero-order chi connectivity index (χ0) is 19.1. The number of hydrogen-bond acceptors (Lipinski definition) is 3. The van der Waals surface area contributed by atoms with E-state index in [2.05, 4.69) is 33.5 Å². The Labute approximate surface area is 172 Å². The topological polar surface area (TPSA) is 50.4 Å². The third-order valence-electron chi connectivity index (χ3n) is 3.69. The first-order valence-corrected chi connectivity index (χ1v) is 9.80. The average molecular weight is 456 g/mol. The number of carbonyl (C=O) groups excluding carboxylic acids is 1. The lowest BCUT2D eigenvalue weighted by atomic mass is 10.2. The van der Waals surface area contributed by atoms with Crippen LogP contribution >= 0.6 is 39.7 Å². The van der Waals surface area contributed by atoms with E-state index in [4.69, 9.17) is 28.6 Å². The van der Waals surface area contributed by atoms with Gasteiger partial charge in [-0.3, -0.25) is 10.1 Å². The van der Waals surface area contributed by atoms with Crippen LogP contribution in [0.3, 0.4) is 0 Å². The SMILES string of the molecule is CCCCOc1ccc(C(=O)NC(=S)Nc2cccc(Cl)c2C)cc1Br. The average Bonchev–Trinajstić information content (AvgIpc) is 2.60. The van der Waals surface area contributed by atoms with Crippen molar-refractivity contribution < 1.29 is 9.53 Å². The Morgan fingerprint density at radius 1 is 1.31 bits per heavy atom. The van der Waals surface area contributed by atoms with Gasteiger partial charge in [-0.25, -0.2) is 0 Å². The molecule has 0 heterocycles. The van der Waals surface area contributed by atoms with Crippen LogP contribution in [0.5, 0.6) is 5.75 Å². The minimum absolute atomic E-state index is 0.208. The Kier molecular flexibility index (Phi) is 7.87. The Morgan fingerprint density at radius 2 is 2.08 bits per heavy atom. The van der Waals surface area contributed by atoms with Crippen LogP contribution in [0.1, 0.15) is 35.7 Å². The van der Waals surface area contributed by atoms with Gasteiger partial charge in [0.2, 0.25) is 0 Å². The minimum atomic E-state index is -0.303. The van der Waals surface area contributed by atoms with Gasteiger partial charge in [0, 0.05) is 16.3 Å². The molecule has 2 aromatic carbocycles. The second kappa shape index (κ2) is 9.90. The fourth-order valence-corrected chi connectivity index (χ4v) is 3.03. The highest BCUT2D eigenvalue weighted by molar-refractivity contribution is 9.10. The molecule has 4 nitrogen and oxygen atoms in total. The quantitative estimate of drug-likeness (QED) is 0.432. The second-order valence-corrected chi connectivity index (χ2v) is 7.34. The number of nitrogens with one attached hydrogen (secondary N) is 2. The summed E-state index contributed by atoms with van der Waals surface area (Å²) in [6.07, 6.45) is 2.05. The van der Waals surface area contributed by atoms with E-state index in [9.17, 15) is 4.79 Å². The summed E-state index contributed by atoms with van der Waals surface area (Å²) in [4.78, 5) is 12.4. The molecule has 0 saturated carbocycles. The number of anilines is 1. The fourth-order valence-electron chi connectivity index (χ4n) is 2.16. The van der Waals surface area contributed by atoms with Crippen molar-refractivity contribution in [2.45, 2.75) is 26.7 Å². The van der Waals surface area contributed by atoms with E-state index in [-0.39, 0.29) is 11.0 Å². The van der Waals surface area contributed by atoms with Crippen molar-refractivity contribution in [3.8, 4) is 5.75 Å². The maximum Gasteiger partial charge on any atom is 0.257 e. The van der Waals surface area contributed by atoms with Crippen molar-refractivity contribution in [1.29, 1.82) is 0 Å². The zero-order valence-corrected chi connectivity index (χ0v) is 17.7. The van der Waals surface area contributed by atoms with E-state index in [1.807, 2.05) is 19.1 Å². The number of halogens is 2. The number of benzene rings is 2. The minimum Gasteiger partial charge on any atom is -0.492 e. The van der Waals surface area contributed by atoms with Gasteiger partial charge in [0.25, 0.3) is 5.91 Å². The van der Waals surface area contributed by atoms with E-state index < -0.39 is 0 Å². The summed E-state index contributed by atoms with van der Waals surface area (Å²) in [5, 5.41) is 6.50. The first kappa shape index (κ1) is 20.7. The summed E-state index contributed by atoms with van der Waals surface area (Å²) in [7, 11) is 0. The zero-order valence-electron chi connectivity index (χ0n) is 14.6. The van der Waals surface area contributed by atoms with Gasteiger partial charge in [0.15, 0.2) is 5.11 Å². The molecule has 2 aromatic rings. The summed E-state index contributed by atoms with van der Waals surface area (Å²) in [5.74, 6) is 0.410. The molecule has 1 amide bonds. The smallest absolute Gasteiger partial charge is 0.257 e. The van der Waals surface area contributed by atoms with E-state index >= 15 is 0 Å². The molecule has 0 unspecified atom stereocenters. The number of unbranched alkanes of at least 4 members (excludes halogenated alkanes) is 1. The molecule has 0 aliphatic rings. The molecular weight excluding hydrogens is 436 g/mol. The lowest BCUT2D eigenvalue weighted by Crippen LogP contribution is -2.34. The number of rotatable bonds is 6. The van der Waals surface area contributed by atoms with Gasteiger partial charge in [0.1, 0.15) is 5.75 Å². The Morgan fingerprint density at radius 3 is 2.77 bits per heavy atom. The highest BCUT2D eigenvalue weighted by Gasteiger charge is 2.12. The summed E-state index contributed by atoms with van der Waals surface area (Å²) in [6.45, 7) is 4.63. The Balaban J connectivity index is 1.99. The molecule has 0 fully saturated rings. The number of thiocarbonyl (C=S) groups is 1. The molecule has 0 aliphatic carbocycles. The van der Waals surface area contributed by atoms with Gasteiger partial charge in [-0.2, -0.15) is 0 Å². The van der Waals surface area contributed by atoms with Crippen LogP contribution in [0.2, 0.25) is 5.02 Å². The van der Waals surface area contributed by atoms with Gasteiger partial charge in [-0.1, -0.05) is 31.0 Å². The van der Waals surface area contributed by atoms with E-state index in [0.717, 1.165) is 28.6 Å². The molecule has 0 atom stereocenters. The molecule has 2 rings (SSSR count). The highest BCUT2D eigenvalue weighted by atomic mass is 79.9. The summed E-state index contributed by atoms with van der Waals surface area (Å²) >= 11 is 14.7. The van der Waals surface area contributed by atoms with E-state index in [1.54, 1.807) is 24.3 Å². The monoisotopic (exact) mass is 454 g/mol. The largest absolute Gasteiger partial charge is 0.492 e. The molecule has 7 heteroatoms. The summed E-state index contributed by atoms with van der Waals surface area (Å²) in [5.41, 5.74) is 2.09. The lowest BCUT2D eigenvalue weighted by molar-refractivity contribution is 0.0977. The van der Waals surface area contributed by atoms with Crippen molar-refractivity contribution >= 4 is 56.5 Å². The molecule has 0 spiro atoms. The van der Waals surface area contributed by atoms with Gasteiger partial charge in [0.05, 0.1) is 11.1 Å². The number of amides is 1. The van der Waals surface area contributed by atoms with Crippen LogP contribution in [0.25, 0.3) is 0 Å². The first-order valence-electron chi connectivity index (χ1n) is 8.22. The van der Waals surface area contributed by atoms with Crippen LogP contribution in [0.4, 0.5) is 5.69 Å². The second-order valence-electron chi connectivity index (χ2n) is 5.67. The number of hydrogen-bond donors (Lipinski definition) is 2. The molecule has 138 valence electrons. The van der Waals surface area contributed by atoms with Gasteiger partial charge >= 0.3 is 0 Å². The molecule has 0 aromatic heterocycles. The third-order valence-corrected chi connectivity index (χ3v) is 4.93. The van der Waals surface area contributed by atoms with Crippen molar-refractivity contribution in [2.75, 3.05) is 11.9 Å². The van der Waals surface area contributed by atoms with Crippen molar-refractivity contribution in [1.82, 2.24) is 5.32 Å². The summed E-state index contributed by atoms with van der Waals surface area (Å²) < 4.78 is 6.39. The molecule has 2 N–H and O–H groups in total. The fraction of sp³-hybridized carbons (Fsp3) is 0.263. The van der Waals surface area contributed by atoms with Gasteiger partial charge in [-0.15, -0.1) is 0 Å². The maximum absolute atomic E-state index is 12.4. The van der Waals surface area contributed by atoms with Crippen molar-refractivity contribution in [2.24, 2.45) is 0 Å². The third kappa shape index (κ3) is 5.69. The van der Waals surface area contributed by atoms with Crippen molar-refractivity contribution in [3.63, 3.8) is 0 Å². The van der Waals surface area contributed by atoms with Crippen LogP contribution in [-0.4, -0.2) is 17.6 Å². The van der Waals surface area contributed by atoms with Crippen LogP contribution < -0.4 is 15.4 Å². The van der Waals surface area contributed by atoms with Gasteiger partial charge < -0.3 is 10.1 Å². The highest BCUT2D eigenvalue weighted by Crippen LogP contribution is 2.26. The molecule has 0 bridgehead atoms. The Bertz CT molecular complexity index is 814. The predicted octanol–water partition coefficient (Wildman–Crippen LogP) is 5.72. The number of ether oxygens (including phenoxy) is 1. The van der Waals surface area contributed by atoms with Crippen molar-refractivity contribution in [3.05, 3.63) is 57.0 Å². The molecular formula is C19H20BrClN2O2S. The standard InChI is InChI=1S/C19H20BrClN2O2S/c1-3-4-10-25-17-9-8-13(11-14(17)20)18(24)23-19(26)22-16-7-5-6-15(21)12(16)2/h5-9,11H,3-4,10H2,1-2H3,(H2,22,23,24,26). The summed E-state index contributed by atoms with van der Waals surface area (Å²) in [6, 6.07) is 10.6. The normalized spacial score (nSPS) is 10.3. The van der Waals surface area contributed by atoms with Crippen LogP contribution in [-0.2, 0) is 0 Å². The first-order chi connectivity index (χ1) is 12.4. The Hall–Kier alpha value is -1.63. The molecule has 0 radical (unpaired) electrons. The van der Waals surface area contributed by atoms with E-state index in [1.165, 1.54) is 0 Å². The van der Waals surface area contributed by atoms with Gasteiger partial charge in [-0.05, 0) is 77.4 Å².